The van der Waals surface area contributed by atoms with Crippen LogP contribution in [0.1, 0.15) is 23.5 Å². The highest BCUT2D eigenvalue weighted by Gasteiger charge is 2.27. The number of halogens is 2. The summed E-state index contributed by atoms with van der Waals surface area (Å²) in [6.07, 6.45) is 1.53. The lowest BCUT2D eigenvalue weighted by Gasteiger charge is -2.30. The maximum absolute atomic E-state index is 13.6. The quantitative estimate of drug-likeness (QED) is 0.907. The molecule has 0 saturated heterocycles. The summed E-state index contributed by atoms with van der Waals surface area (Å²) in [5.41, 5.74) is 8.48. The van der Waals surface area contributed by atoms with Gasteiger partial charge >= 0.3 is 0 Å². The Balaban J connectivity index is 1.83. The normalized spacial score (nSPS) is 18.7. The summed E-state index contributed by atoms with van der Waals surface area (Å²) < 4.78 is 19.8. The van der Waals surface area contributed by atoms with Gasteiger partial charge < -0.3 is 10.5 Å². The molecule has 0 spiro atoms. The molecule has 1 heterocycles. The highest BCUT2D eigenvalue weighted by atomic mass is 79.9. The second-order valence-corrected chi connectivity index (χ2v) is 6.16. The van der Waals surface area contributed by atoms with E-state index in [-0.39, 0.29) is 17.8 Å². The Labute approximate surface area is 132 Å². The van der Waals surface area contributed by atoms with E-state index in [9.17, 15) is 4.39 Å². The number of ether oxygens (including phenoxy) is 1. The molecule has 110 valence electrons. The first-order chi connectivity index (χ1) is 10.2. The van der Waals surface area contributed by atoms with Crippen LogP contribution in [-0.2, 0) is 6.42 Å². The molecule has 2 aromatic rings. The number of fused-ring (bicyclic) bond motifs is 1. The third-order valence-corrected chi connectivity index (χ3v) is 4.90. The molecule has 0 bridgehead atoms. The zero-order valence-electron chi connectivity index (χ0n) is 11.6. The average molecular weight is 350 g/mol. The lowest BCUT2D eigenvalue weighted by Crippen LogP contribution is -2.34. The van der Waals surface area contributed by atoms with Crippen LogP contribution in [0.5, 0.6) is 5.75 Å². The predicted molar refractivity (Wildman–Crippen MR) is 85.1 cm³/mol. The zero-order chi connectivity index (χ0) is 14.8. The molecule has 0 saturated carbocycles. The fourth-order valence-electron chi connectivity index (χ4n) is 2.92. The predicted octanol–water partition coefficient (Wildman–Crippen LogP) is 4.02. The lowest BCUT2D eigenvalue weighted by atomic mass is 9.84. The van der Waals surface area contributed by atoms with E-state index in [0.717, 1.165) is 23.3 Å². The molecule has 1 aliphatic heterocycles. The van der Waals surface area contributed by atoms with Gasteiger partial charge in [-0.25, -0.2) is 4.39 Å². The standard InChI is InChI=1S/C17H17BrFNO/c18-17-11(4-3-6-14(17)19)10-15(20)12-8-9-21-16-7-2-1-5-13(12)16/h1-7,12,15H,8-10,20H2. The molecule has 2 aromatic carbocycles. The third-order valence-electron chi connectivity index (χ3n) is 4.01. The number of rotatable bonds is 3. The second kappa shape index (κ2) is 6.16. The number of hydrogen-bond acceptors (Lipinski definition) is 2. The van der Waals surface area contributed by atoms with E-state index < -0.39 is 0 Å². The van der Waals surface area contributed by atoms with E-state index in [1.54, 1.807) is 6.07 Å². The molecule has 0 fully saturated rings. The van der Waals surface area contributed by atoms with Crippen molar-refractivity contribution in [2.45, 2.75) is 24.8 Å². The highest BCUT2D eigenvalue weighted by molar-refractivity contribution is 9.10. The minimum atomic E-state index is -0.243. The fraction of sp³-hybridized carbons (Fsp3) is 0.294. The second-order valence-electron chi connectivity index (χ2n) is 5.36. The molecular weight excluding hydrogens is 333 g/mol. The van der Waals surface area contributed by atoms with Crippen molar-refractivity contribution in [1.82, 2.24) is 0 Å². The third kappa shape index (κ3) is 2.97. The van der Waals surface area contributed by atoms with Gasteiger partial charge in [0.2, 0.25) is 0 Å². The number of nitrogens with two attached hydrogens (primary N) is 1. The van der Waals surface area contributed by atoms with Crippen molar-refractivity contribution < 1.29 is 9.13 Å². The lowest BCUT2D eigenvalue weighted by molar-refractivity contribution is 0.254. The Morgan fingerprint density at radius 2 is 2.05 bits per heavy atom. The molecule has 1 aliphatic rings. The van der Waals surface area contributed by atoms with Crippen LogP contribution in [0.3, 0.4) is 0 Å². The van der Waals surface area contributed by atoms with Crippen LogP contribution in [0, 0.1) is 5.82 Å². The Hall–Kier alpha value is -1.39. The van der Waals surface area contributed by atoms with Gasteiger partial charge in [-0.15, -0.1) is 0 Å². The highest BCUT2D eigenvalue weighted by Crippen LogP contribution is 2.36. The maximum Gasteiger partial charge on any atom is 0.137 e. The van der Waals surface area contributed by atoms with Gasteiger partial charge in [0, 0.05) is 12.0 Å². The first-order valence-electron chi connectivity index (χ1n) is 7.07. The van der Waals surface area contributed by atoms with Gasteiger partial charge in [-0.05, 0) is 52.0 Å². The van der Waals surface area contributed by atoms with Crippen LogP contribution in [0.15, 0.2) is 46.9 Å². The first kappa shape index (κ1) is 14.5. The molecule has 0 aliphatic carbocycles. The minimum absolute atomic E-state index is 0.0619. The van der Waals surface area contributed by atoms with Crippen molar-refractivity contribution in [1.29, 1.82) is 0 Å². The Morgan fingerprint density at radius 1 is 1.24 bits per heavy atom. The smallest absolute Gasteiger partial charge is 0.137 e. The number of hydrogen-bond donors (Lipinski definition) is 1. The average Bonchev–Trinajstić information content (AvgIpc) is 2.51. The Kier molecular flexibility index (Phi) is 4.27. The Bertz CT molecular complexity index is 646. The summed E-state index contributed by atoms with van der Waals surface area (Å²) in [5, 5.41) is 0. The van der Waals surface area contributed by atoms with Crippen LogP contribution in [0.2, 0.25) is 0 Å². The van der Waals surface area contributed by atoms with E-state index in [1.165, 1.54) is 6.07 Å². The van der Waals surface area contributed by atoms with E-state index in [1.807, 2.05) is 24.3 Å². The van der Waals surface area contributed by atoms with Crippen molar-refractivity contribution in [3.63, 3.8) is 0 Å². The van der Waals surface area contributed by atoms with Gasteiger partial charge in [0.15, 0.2) is 0 Å². The topological polar surface area (TPSA) is 35.2 Å². The molecule has 0 amide bonds. The number of para-hydroxylation sites is 1. The molecule has 4 heteroatoms. The van der Waals surface area contributed by atoms with E-state index in [2.05, 4.69) is 22.0 Å². The molecular formula is C17H17BrFNO. The monoisotopic (exact) mass is 349 g/mol. The summed E-state index contributed by atoms with van der Waals surface area (Å²) >= 11 is 3.31. The molecule has 0 aromatic heterocycles. The minimum Gasteiger partial charge on any atom is -0.493 e. The van der Waals surface area contributed by atoms with E-state index in [4.69, 9.17) is 10.5 Å². The van der Waals surface area contributed by atoms with E-state index in [0.29, 0.717) is 17.5 Å². The molecule has 2 N–H and O–H groups in total. The summed E-state index contributed by atoms with van der Waals surface area (Å²) in [4.78, 5) is 0. The van der Waals surface area contributed by atoms with Crippen molar-refractivity contribution in [3.05, 3.63) is 63.9 Å². The van der Waals surface area contributed by atoms with Gasteiger partial charge in [0.1, 0.15) is 11.6 Å². The van der Waals surface area contributed by atoms with Crippen LogP contribution in [0.4, 0.5) is 4.39 Å². The van der Waals surface area contributed by atoms with Gasteiger partial charge in [-0.2, -0.15) is 0 Å². The molecule has 2 nitrogen and oxygen atoms in total. The fourth-order valence-corrected chi connectivity index (χ4v) is 3.34. The SMILES string of the molecule is NC(Cc1cccc(F)c1Br)C1CCOc2ccccc21. The van der Waals surface area contributed by atoms with Crippen LogP contribution < -0.4 is 10.5 Å². The summed E-state index contributed by atoms with van der Waals surface area (Å²) in [6, 6.07) is 13.0. The molecule has 3 rings (SSSR count). The summed E-state index contributed by atoms with van der Waals surface area (Å²) in [5.74, 6) is 0.916. The van der Waals surface area contributed by atoms with Gasteiger partial charge in [0.05, 0.1) is 11.1 Å². The molecule has 21 heavy (non-hydrogen) atoms. The van der Waals surface area contributed by atoms with Crippen molar-refractivity contribution in [2.24, 2.45) is 5.73 Å². The zero-order valence-corrected chi connectivity index (χ0v) is 13.1. The van der Waals surface area contributed by atoms with Crippen LogP contribution >= 0.6 is 15.9 Å². The van der Waals surface area contributed by atoms with Crippen molar-refractivity contribution in [3.8, 4) is 5.75 Å². The van der Waals surface area contributed by atoms with Crippen molar-refractivity contribution >= 4 is 15.9 Å². The summed E-state index contributed by atoms with van der Waals surface area (Å²) in [6.45, 7) is 0.680. The number of benzene rings is 2. The van der Waals surface area contributed by atoms with Gasteiger partial charge in [-0.1, -0.05) is 30.3 Å². The van der Waals surface area contributed by atoms with Crippen LogP contribution in [0.25, 0.3) is 0 Å². The molecule has 2 unspecified atom stereocenters. The van der Waals surface area contributed by atoms with Crippen molar-refractivity contribution in [2.75, 3.05) is 6.61 Å². The van der Waals surface area contributed by atoms with Crippen LogP contribution in [-0.4, -0.2) is 12.6 Å². The summed E-state index contributed by atoms with van der Waals surface area (Å²) in [7, 11) is 0. The maximum atomic E-state index is 13.6. The van der Waals surface area contributed by atoms with Gasteiger partial charge in [0.25, 0.3) is 0 Å². The molecule has 0 radical (unpaired) electrons. The van der Waals surface area contributed by atoms with E-state index >= 15 is 0 Å². The molecule has 2 atom stereocenters. The van der Waals surface area contributed by atoms with Gasteiger partial charge in [-0.3, -0.25) is 0 Å². The first-order valence-corrected chi connectivity index (χ1v) is 7.86. The largest absolute Gasteiger partial charge is 0.493 e. The Morgan fingerprint density at radius 3 is 2.90 bits per heavy atom.